The molecule has 4 rings (SSSR count). The smallest absolute Gasteiger partial charge is 0.233 e. The largest absolute Gasteiger partial charge is 0.357 e. The van der Waals surface area contributed by atoms with E-state index in [1.54, 1.807) is 0 Å². The monoisotopic (exact) mass is 437 g/mol. The number of carbonyl (C=O) groups is 2. The van der Waals surface area contributed by atoms with E-state index in [-0.39, 0.29) is 35.5 Å². The SMILES string of the molecule is CCNC(=NCc1ccccc1CN(C)C)NCCCN1C(=O)C2C3C=CC(C3)C2C1=O. The highest BCUT2D eigenvalue weighted by atomic mass is 16.2. The summed E-state index contributed by atoms with van der Waals surface area (Å²) in [5.74, 6) is 1.16. The molecule has 1 saturated heterocycles. The summed E-state index contributed by atoms with van der Waals surface area (Å²) in [6, 6.07) is 8.37. The third-order valence-electron chi connectivity index (χ3n) is 6.77. The van der Waals surface area contributed by atoms with Crippen LogP contribution in [0, 0.1) is 23.7 Å². The predicted octanol–water partition coefficient (Wildman–Crippen LogP) is 2.00. The van der Waals surface area contributed by atoms with E-state index in [2.05, 4.69) is 60.0 Å². The molecule has 2 fully saturated rings. The molecule has 2 N–H and O–H groups in total. The molecule has 0 aromatic heterocycles. The predicted molar refractivity (Wildman–Crippen MR) is 126 cm³/mol. The van der Waals surface area contributed by atoms with Crippen LogP contribution < -0.4 is 10.6 Å². The fourth-order valence-electron chi connectivity index (χ4n) is 5.34. The summed E-state index contributed by atoms with van der Waals surface area (Å²) < 4.78 is 0. The number of carbonyl (C=O) groups excluding carboxylic acids is 2. The molecule has 1 aromatic carbocycles. The normalized spacial score (nSPS) is 26.4. The number of nitrogens with one attached hydrogen (secondary N) is 2. The second kappa shape index (κ2) is 9.86. The lowest BCUT2D eigenvalue weighted by Gasteiger charge is -2.18. The molecule has 172 valence electrons. The lowest BCUT2D eigenvalue weighted by molar-refractivity contribution is -0.140. The Morgan fingerprint density at radius 3 is 2.34 bits per heavy atom. The van der Waals surface area contributed by atoms with E-state index in [0.717, 1.165) is 25.5 Å². The zero-order valence-corrected chi connectivity index (χ0v) is 19.4. The molecule has 1 heterocycles. The Bertz CT molecular complexity index is 879. The van der Waals surface area contributed by atoms with Crippen molar-refractivity contribution >= 4 is 17.8 Å². The number of imide groups is 1. The van der Waals surface area contributed by atoms with Crippen molar-refractivity contribution < 1.29 is 9.59 Å². The van der Waals surface area contributed by atoms with Crippen LogP contribution in [0.25, 0.3) is 0 Å². The minimum absolute atomic E-state index is 0.0370. The molecule has 7 nitrogen and oxygen atoms in total. The molecule has 1 aliphatic heterocycles. The first kappa shape index (κ1) is 22.5. The molecule has 32 heavy (non-hydrogen) atoms. The van der Waals surface area contributed by atoms with E-state index in [1.807, 2.05) is 13.0 Å². The Morgan fingerprint density at radius 2 is 1.72 bits per heavy atom. The van der Waals surface area contributed by atoms with Crippen molar-refractivity contribution in [3.63, 3.8) is 0 Å². The van der Waals surface area contributed by atoms with E-state index in [9.17, 15) is 9.59 Å². The Morgan fingerprint density at radius 1 is 1.06 bits per heavy atom. The quantitative estimate of drug-likeness (QED) is 0.203. The molecule has 1 aromatic rings. The topological polar surface area (TPSA) is 77.0 Å². The first-order valence-corrected chi connectivity index (χ1v) is 11.8. The van der Waals surface area contributed by atoms with Crippen LogP contribution in [0.3, 0.4) is 0 Å². The van der Waals surface area contributed by atoms with Crippen molar-refractivity contribution in [1.29, 1.82) is 0 Å². The first-order chi connectivity index (χ1) is 15.5. The van der Waals surface area contributed by atoms with E-state index in [0.29, 0.717) is 26.1 Å². The van der Waals surface area contributed by atoms with E-state index >= 15 is 0 Å². The maximum atomic E-state index is 12.8. The Balaban J connectivity index is 1.29. The Labute approximate surface area is 190 Å². The van der Waals surface area contributed by atoms with Crippen LogP contribution in [0.15, 0.2) is 41.4 Å². The van der Waals surface area contributed by atoms with Gasteiger partial charge in [0.05, 0.1) is 18.4 Å². The van der Waals surface area contributed by atoms with E-state index in [1.165, 1.54) is 16.0 Å². The standard InChI is InChI=1S/C25H35N5O2/c1-4-26-25(28-15-19-8-5-6-9-20(19)16-29(2)3)27-12-7-13-30-23(31)21-17-10-11-18(14-17)22(21)24(30)32/h5-6,8-11,17-18,21-22H,4,7,12-16H2,1-3H3,(H2,26,27,28). The number of aliphatic imine (C=N–C) groups is 1. The van der Waals surface area contributed by atoms with Crippen molar-refractivity contribution in [1.82, 2.24) is 20.4 Å². The third-order valence-corrected chi connectivity index (χ3v) is 6.77. The molecule has 0 spiro atoms. The van der Waals surface area contributed by atoms with Gasteiger partial charge in [-0.3, -0.25) is 14.5 Å². The van der Waals surface area contributed by atoms with Crippen LogP contribution in [-0.4, -0.2) is 61.3 Å². The molecule has 2 aliphatic carbocycles. The fraction of sp³-hybridized carbons (Fsp3) is 0.560. The minimum atomic E-state index is -0.105. The number of hydrogen-bond donors (Lipinski definition) is 2. The molecular weight excluding hydrogens is 402 g/mol. The minimum Gasteiger partial charge on any atom is -0.357 e. The van der Waals surface area contributed by atoms with Gasteiger partial charge >= 0.3 is 0 Å². The number of rotatable bonds is 9. The van der Waals surface area contributed by atoms with Gasteiger partial charge in [-0.1, -0.05) is 36.4 Å². The number of amides is 2. The number of nitrogens with zero attached hydrogens (tertiary/aromatic N) is 3. The van der Waals surface area contributed by atoms with Crippen molar-refractivity contribution in [2.24, 2.45) is 28.7 Å². The van der Waals surface area contributed by atoms with Gasteiger partial charge < -0.3 is 15.5 Å². The van der Waals surface area contributed by atoms with Crippen LogP contribution >= 0.6 is 0 Å². The van der Waals surface area contributed by atoms with Crippen molar-refractivity contribution in [2.45, 2.75) is 32.9 Å². The summed E-state index contributed by atoms with van der Waals surface area (Å²) in [4.78, 5) is 34.0. The van der Waals surface area contributed by atoms with Crippen molar-refractivity contribution in [3.8, 4) is 0 Å². The number of benzene rings is 1. The average Bonchev–Trinajstić information content (AvgIpc) is 3.44. The third kappa shape index (κ3) is 4.58. The molecule has 0 radical (unpaired) electrons. The summed E-state index contributed by atoms with van der Waals surface area (Å²) in [5.41, 5.74) is 2.48. The molecule has 7 heteroatoms. The van der Waals surface area contributed by atoms with Gasteiger partial charge in [-0.05, 0) is 56.8 Å². The van der Waals surface area contributed by atoms with Crippen LogP contribution in [0.2, 0.25) is 0 Å². The summed E-state index contributed by atoms with van der Waals surface area (Å²) >= 11 is 0. The highest BCUT2D eigenvalue weighted by Crippen LogP contribution is 2.52. The number of likely N-dealkylation sites (tertiary alicyclic amines) is 1. The number of allylic oxidation sites excluding steroid dienone is 2. The number of fused-ring (bicyclic) bond motifs is 5. The van der Waals surface area contributed by atoms with Gasteiger partial charge in [0.2, 0.25) is 11.8 Å². The fourth-order valence-corrected chi connectivity index (χ4v) is 5.34. The molecule has 4 atom stereocenters. The Hall–Kier alpha value is -2.67. The zero-order chi connectivity index (χ0) is 22.7. The van der Waals surface area contributed by atoms with Gasteiger partial charge in [0.25, 0.3) is 0 Å². The van der Waals surface area contributed by atoms with Crippen LogP contribution in [-0.2, 0) is 22.7 Å². The zero-order valence-electron chi connectivity index (χ0n) is 19.4. The van der Waals surface area contributed by atoms with Crippen molar-refractivity contribution in [2.75, 3.05) is 33.7 Å². The summed E-state index contributed by atoms with van der Waals surface area (Å²) in [7, 11) is 4.13. The summed E-state index contributed by atoms with van der Waals surface area (Å²) in [6.45, 7) is 5.42. The van der Waals surface area contributed by atoms with Crippen LogP contribution in [0.4, 0.5) is 0 Å². The van der Waals surface area contributed by atoms with Crippen LogP contribution in [0.1, 0.15) is 30.9 Å². The molecule has 2 bridgehead atoms. The van der Waals surface area contributed by atoms with Gasteiger partial charge in [0.1, 0.15) is 0 Å². The summed E-state index contributed by atoms with van der Waals surface area (Å²) in [5, 5.41) is 6.64. The molecular formula is C25H35N5O2. The Kier molecular flexibility index (Phi) is 6.94. The van der Waals surface area contributed by atoms with Crippen molar-refractivity contribution in [3.05, 3.63) is 47.5 Å². The maximum absolute atomic E-state index is 12.8. The number of hydrogen-bond acceptors (Lipinski definition) is 4. The van der Waals surface area contributed by atoms with Gasteiger partial charge in [0, 0.05) is 26.2 Å². The maximum Gasteiger partial charge on any atom is 0.233 e. The van der Waals surface area contributed by atoms with E-state index < -0.39 is 0 Å². The second-order valence-electron chi connectivity index (χ2n) is 9.31. The lowest BCUT2D eigenvalue weighted by atomic mass is 9.85. The van der Waals surface area contributed by atoms with Gasteiger partial charge in [-0.2, -0.15) is 0 Å². The van der Waals surface area contributed by atoms with Gasteiger partial charge in [-0.25, -0.2) is 4.99 Å². The molecule has 3 aliphatic rings. The van der Waals surface area contributed by atoms with E-state index in [4.69, 9.17) is 4.99 Å². The summed E-state index contributed by atoms with van der Waals surface area (Å²) in [6.07, 6.45) is 5.96. The first-order valence-electron chi connectivity index (χ1n) is 11.8. The average molecular weight is 438 g/mol. The molecule has 2 amide bonds. The second-order valence-corrected chi connectivity index (χ2v) is 9.31. The van der Waals surface area contributed by atoms with Crippen LogP contribution in [0.5, 0.6) is 0 Å². The lowest BCUT2D eigenvalue weighted by Crippen LogP contribution is -2.40. The molecule has 1 saturated carbocycles. The van der Waals surface area contributed by atoms with Gasteiger partial charge in [0.15, 0.2) is 5.96 Å². The highest BCUT2D eigenvalue weighted by Gasteiger charge is 2.58. The van der Waals surface area contributed by atoms with Gasteiger partial charge in [-0.15, -0.1) is 0 Å². The number of guanidine groups is 1. The molecule has 4 unspecified atom stereocenters. The highest BCUT2D eigenvalue weighted by molar-refractivity contribution is 6.06.